The summed E-state index contributed by atoms with van der Waals surface area (Å²) in [5, 5.41) is 2.37. The van der Waals surface area contributed by atoms with Crippen LogP contribution in [-0.4, -0.2) is 6.54 Å². The molecule has 0 fully saturated rings. The summed E-state index contributed by atoms with van der Waals surface area (Å²) in [4.78, 5) is 3.61. The van der Waals surface area contributed by atoms with Crippen molar-refractivity contribution in [2.75, 3.05) is 11.4 Å². The molecule has 0 atom stereocenters. The van der Waals surface area contributed by atoms with Crippen LogP contribution < -0.4 is 39.2 Å². The maximum atomic E-state index is 6.42. The molecule has 4 rings (SSSR count). The van der Waals surface area contributed by atoms with Crippen molar-refractivity contribution in [1.82, 2.24) is 0 Å². The fourth-order valence-electron chi connectivity index (χ4n) is 3.30. The number of hydrogen-bond donors (Lipinski definition) is 1. The first-order valence-corrected chi connectivity index (χ1v) is 10.5. The third-order valence-electron chi connectivity index (χ3n) is 4.49. The number of anilines is 1. The molecule has 0 saturated heterocycles. The number of allylic oxidation sites excluding steroid dienone is 1. The topological polar surface area (TPSA) is 33.1 Å². The summed E-state index contributed by atoms with van der Waals surface area (Å²) < 4.78 is 3.61. The van der Waals surface area contributed by atoms with Crippen molar-refractivity contribution >= 4 is 45.1 Å². The maximum absolute atomic E-state index is 6.42. The van der Waals surface area contributed by atoms with Gasteiger partial charge in [0.2, 0.25) is 5.52 Å². The molecule has 2 aromatic carbocycles. The number of aromatic nitrogens is 1. The Morgan fingerprint density at radius 2 is 1.85 bits per heavy atom. The zero-order valence-corrected chi connectivity index (χ0v) is 19.1. The van der Waals surface area contributed by atoms with Crippen molar-refractivity contribution in [3.05, 3.63) is 70.3 Å². The first-order valence-electron chi connectivity index (χ1n) is 8.86. The summed E-state index contributed by atoms with van der Waals surface area (Å²) in [7, 11) is 0. The van der Waals surface area contributed by atoms with Gasteiger partial charge in [0.15, 0.2) is 0 Å². The Morgan fingerprint density at radius 1 is 1.11 bits per heavy atom. The van der Waals surface area contributed by atoms with E-state index in [0.717, 1.165) is 18.8 Å². The van der Waals surface area contributed by atoms with Crippen LogP contribution in [0.2, 0.25) is 0 Å². The number of aryl methyl sites for hydroxylation is 1. The molecule has 2 N–H and O–H groups in total. The molecule has 0 bridgehead atoms. The normalized spacial score (nSPS) is 15.3. The van der Waals surface area contributed by atoms with E-state index < -0.39 is 0 Å². The highest BCUT2D eigenvalue weighted by Crippen LogP contribution is 2.45. The van der Waals surface area contributed by atoms with E-state index >= 15 is 0 Å². The van der Waals surface area contributed by atoms with Crippen molar-refractivity contribution in [1.29, 1.82) is 0 Å². The Morgan fingerprint density at radius 3 is 2.63 bits per heavy atom. The third-order valence-corrected chi connectivity index (χ3v) is 6.71. The van der Waals surface area contributed by atoms with Gasteiger partial charge >= 0.3 is 0 Å². The number of nitrogens with zero attached hydrogens (tertiary/aromatic N) is 2. The summed E-state index contributed by atoms with van der Waals surface area (Å²) in [6.45, 7) is 6.21. The molecule has 0 saturated carbocycles. The molecule has 3 aromatic rings. The zero-order valence-electron chi connectivity index (χ0n) is 15.4. The lowest BCUT2D eigenvalue weighted by Crippen LogP contribution is -3.00. The van der Waals surface area contributed by atoms with Crippen molar-refractivity contribution in [3.8, 4) is 0 Å². The number of nitrogens with two attached hydrogens (primary N) is 1. The van der Waals surface area contributed by atoms with Gasteiger partial charge in [-0.2, -0.15) is 4.57 Å². The van der Waals surface area contributed by atoms with Crippen LogP contribution in [0.1, 0.15) is 18.9 Å². The molecule has 27 heavy (non-hydrogen) atoms. The number of thioether (sulfide) groups is 1. The standard InChI is InChI=1S/C21H21N3S2.HI/c1-3-23-16-9-5-7-11-18(16)25-20(23)13-15(22)14-21-24(4-2)17-10-6-8-12-19(17)26-21;/h5-14,22H,3-4H2,1-2H3;1H/b20-13-;. The molecule has 0 radical (unpaired) electrons. The van der Waals surface area contributed by atoms with Gasteiger partial charge in [-0.1, -0.05) is 47.4 Å². The average molecular weight is 507 g/mol. The Hall–Kier alpha value is -1.51. The van der Waals surface area contributed by atoms with Crippen LogP contribution in [0.4, 0.5) is 5.69 Å². The van der Waals surface area contributed by atoms with Gasteiger partial charge in [-0.05, 0) is 38.1 Å². The van der Waals surface area contributed by atoms with E-state index in [9.17, 15) is 0 Å². The van der Waals surface area contributed by atoms with E-state index in [4.69, 9.17) is 5.73 Å². The van der Waals surface area contributed by atoms with Crippen LogP contribution >= 0.6 is 23.1 Å². The lowest BCUT2D eigenvalue weighted by molar-refractivity contribution is -0.665. The largest absolute Gasteiger partial charge is 1.00 e. The molecule has 1 aromatic heterocycles. The predicted molar refractivity (Wildman–Crippen MR) is 113 cm³/mol. The van der Waals surface area contributed by atoms with E-state index in [1.54, 1.807) is 23.1 Å². The second kappa shape index (κ2) is 8.67. The molecule has 1 aliphatic heterocycles. The summed E-state index contributed by atoms with van der Waals surface area (Å²) in [5.74, 6) is 0. The van der Waals surface area contributed by atoms with Gasteiger partial charge in [-0.25, -0.2) is 0 Å². The zero-order chi connectivity index (χ0) is 18.1. The highest BCUT2D eigenvalue weighted by atomic mass is 127. The van der Waals surface area contributed by atoms with Crippen LogP contribution in [-0.2, 0) is 6.54 Å². The van der Waals surface area contributed by atoms with Gasteiger partial charge < -0.3 is 34.6 Å². The van der Waals surface area contributed by atoms with Gasteiger partial charge in [-0.3, -0.25) is 0 Å². The Labute approximate surface area is 185 Å². The van der Waals surface area contributed by atoms with Crippen LogP contribution in [0.25, 0.3) is 16.3 Å². The minimum Gasteiger partial charge on any atom is -1.00 e. The van der Waals surface area contributed by atoms with Crippen LogP contribution in [0.3, 0.4) is 0 Å². The van der Waals surface area contributed by atoms with Crippen molar-refractivity contribution in [2.24, 2.45) is 5.73 Å². The predicted octanol–water partition coefficient (Wildman–Crippen LogP) is 1.99. The monoisotopic (exact) mass is 507 g/mol. The lowest BCUT2D eigenvalue weighted by Gasteiger charge is -2.17. The Bertz CT molecular complexity index is 1020. The number of para-hydroxylation sites is 2. The number of thiazole rings is 1. The number of hydrogen-bond acceptors (Lipinski definition) is 4. The van der Waals surface area contributed by atoms with E-state index in [-0.39, 0.29) is 24.0 Å². The van der Waals surface area contributed by atoms with E-state index in [1.165, 1.54) is 30.8 Å². The first kappa shape index (κ1) is 20.2. The van der Waals surface area contributed by atoms with Crippen LogP contribution in [0.15, 0.2) is 70.2 Å². The Balaban J connectivity index is 0.00000210. The summed E-state index contributed by atoms with van der Waals surface area (Å²) >= 11 is 3.57. The second-order valence-corrected chi connectivity index (χ2v) is 8.22. The van der Waals surface area contributed by atoms with Crippen molar-refractivity contribution in [3.63, 3.8) is 0 Å². The summed E-state index contributed by atoms with van der Waals surface area (Å²) in [6, 6.07) is 17.0. The number of benzene rings is 2. The minimum absolute atomic E-state index is 0. The number of rotatable bonds is 4. The molecular weight excluding hydrogens is 485 g/mol. The van der Waals surface area contributed by atoms with E-state index in [0.29, 0.717) is 0 Å². The SMILES string of the molecule is CCN1/C(=C/C(N)=C/c2sc3ccccc3[n+]2CC)Sc2ccccc21.[I-]. The van der Waals surface area contributed by atoms with Gasteiger partial charge in [0.05, 0.1) is 10.7 Å². The minimum atomic E-state index is 0. The molecule has 1 aliphatic rings. The highest BCUT2D eigenvalue weighted by Gasteiger charge is 2.23. The smallest absolute Gasteiger partial charge is 0.264 e. The van der Waals surface area contributed by atoms with Gasteiger partial charge in [0.1, 0.15) is 11.2 Å². The molecule has 2 heterocycles. The lowest BCUT2D eigenvalue weighted by atomic mass is 10.3. The fourth-order valence-corrected chi connectivity index (χ4v) is 5.67. The number of fused-ring (bicyclic) bond motifs is 2. The molecular formula is C21H22IN3S2. The van der Waals surface area contributed by atoms with Gasteiger partial charge in [0.25, 0.3) is 5.01 Å². The Kier molecular flexibility index (Phi) is 6.49. The van der Waals surface area contributed by atoms with Crippen molar-refractivity contribution in [2.45, 2.75) is 25.3 Å². The van der Waals surface area contributed by atoms with E-state index in [1.807, 2.05) is 0 Å². The summed E-state index contributed by atoms with van der Waals surface area (Å²) in [6.07, 6.45) is 4.19. The van der Waals surface area contributed by atoms with Crippen molar-refractivity contribution < 1.29 is 28.5 Å². The molecule has 6 heteroatoms. The van der Waals surface area contributed by atoms with Gasteiger partial charge in [0, 0.05) is 29.3 Å². The number of halogens is 1. The highest BCUT2D eigenvalue weighted by molar-refractivity contribution is 8.03. The first-order chi connectivity index (χ1) is 12.7. The molecule has 0 unspecified atom stereocenters. The van der Waals surface area contributed by atoms with Crippen LogP contribution in [0.5, 0.6) is 0 Å². The molecule has 3 nitrogen and oxygen atoms in total. The molecule has 140 valence electrons. The quantitative estimate of drug-likeness (QED) is 0.433. The van der Waals surface area contributed by atoms with E-state index in [2.05, 4.69) is 84.0 Å². The summed E-state index contributed by atoms with van der Waals surface area (Å²) in [5.41, 5.74) is 9.74. The van der Waals surface area contributed by atoms with Gasteiger partial charge in [-0.15, -0.1) is 0 Å². The molecule has 0 amide bonds. The maximum Gasteiger partial charge on any atom is 0.264 e. The van der Waals surface area contributed by atoms with Crippen LogP contribution in [0, 0.1) is 0 Å². The second-order valence-electron chi connectivity index (χ2n) is 6.09. The third kappa shape index (κ3) is 3.88. The molecule has 0 aliphatic carbocycles. The fraction of sp³-hybridized carbons (Fsp3) is 0.190. The average Bonchev–Trinajstić information content (AvgIpc) is 3.17. The molecule has 0 spiro atoms.